The van der Waals surface area contributed by atoms with Gasteiger partial charge < -0.3 is 15.6 Å². The molecule has 1 amide bonds. The zero-order valence-corrected chi connectivity index (χ0v) is 16.6. The van der Waals surface area contributed by atoms with Gasteiger partial charge in [0.1, 0.15) is 18.5 Å². The first-order chi connectivity index (χ1) is 15.1. The standard InChI is InChI=1S/C23H21N5O3/c24-22(30)18-6-8-19(9-7-18)23-25-27-28(26-23)14-20(29)15-31-21-12-10-17(11-13-21)16-4-2-1-3-5-16/h1-13,20,29H,14-15H2,(H2,24,30)/t20-/m1/s1. The molecule has 0 aliphatic heterocycles. The number of carbonyl (C=O) groups is 1. The minimum Gasteiger partial charge on any atom is -0.491 e. The maximum absolute atomic E-state index is 11.2. The highest BCUT2D eigenvalue weighted by molar-refractivity contribution is 5.93. The fourth-order valence-corrected chi connectivity index (χ4v) is 3.03. The molecule has 0 aliphatic carbocycles. The summed E-state index contributed by atoms with van der Waals surface area (Å²) in [7, 11) is 0. The number of aliphatic hydroxyl groups is 1. The number of nitrogens with two attached hydrogens (primary N) is 1. The second kappa shape index (κ2) is 9.19. The summed E-state index contributed by atoms with van der Waals surface area (Å²) in [6.45, 7) is 0.226. The molecule has 1 aromatic heterocycles. The fraction of sp³-hybridized carbons (Fsp3) is 0.130. The third kappa shape index (κ3) is 5.12. The summed E-state index contributed by atoms with van der Waals surface area (Å²) in [5.41, 5.74) is 8.56. The van der Waals surface area contributed by atoms with Crippen molar-refractivity contribution in [2.75, 3.05) is 6.61 Å². The lowest BCUT2D eigenvalue weighted by Crippen LogP contribution is -2.24. The summed E-state index contributed by atoms with van der Waals surface area (Å²) in [6.07, 6.45) is -0.812. The van der Waals surface area contributed by atoms with Gasteiger partial charge in [0.25, 0.3) is 0 Å². The molecule has 0 bridgehead atoms. The van der Waals surface area contributed by atoms with Crippen LogP contribution in [0.15, 0.2) is 78.9 Å². The quantitative estimate of drug-likeness (QED) is 0.457. The molecule has 0 saturated heterocycles. The van der Waals surface area contributed by atoms with Crippen molar-refractivity contribution in [1.82, 2.24) is 20.2 Å². The molecule has 8 nitrogen and oxygen atoms in total. The van der Waals surface area contributed by atoms with Crippen LogP contribution in [0.3, 0.4) is 0 Å². The Balaban J connectivity index is 1.31. The summed E-state index contributed by atoms with van der Waals surface area (Å²) >= 11 is 0. The molecule has 31 heavy (non-hydrogen) atoms. The van der Waals surface area contributed by atoms with Gasteiger partial charge in [0, 0.05) is 11.1 Å². The van der Waals surface area contributed by atoms with Gasteiger partial charge in [-0.25, -0.2) is 0 Å². The lowest BCUT2D eigenvalue weighted by Gasteiger charge is -2.12. The van der Waals surface area contributed by atoms with Gasteiger partial charge in [0.05, 0.1) is 6.54 Å². The molecule has 0 radical (unpaired) electrons. The maximum atomic E-state index is 11.2. The Morgan fingerprint density at radius 2 is 1.58 bits per heavy atom. The molecule has 0 fully saturated rings. The molecule has 4 aromatic rings. The van der Waals surface area contributed by atoms with Crippen molar-refractivity contribution in [3.05, 3.63) is 84.4 Å². The van der Waals surface area contributed by atoms with E-state index in [1.165, 1.54) is 4.80 Å². The van der Waals surface area contributed by atoms with E-state index in [0.717, 1.165) is 11.1 Å². The minimum absolute atomic E-state index is 0.0921. The van der Waals surface area contributed by atoms with Crippen LogP contribution < -0.4 is 10.5 Å². The van der Waals surface area contributed by atoms with Gasteiger partial charge in [-0.1, -0.05) is 54.6 Å². The molecule has 3 aromatic carbocycles. The lowest BCUT2D eigenvalue weighted by molar-refractivity contribution is 0.0850. The number of hydrogen-bond donors (Lipinski definition) is 2. The number of hydrogen-bond acceptors (Lipinski definition) is 6. The number of amides is 1. The van der Waals surface area contributed by atoms with E-state index in [4.69, 9.17) is 10.5 Å². The molecular weight excluding hydrogens is 394 g/mol. The van der Waals surface area contributed by atoms with E-state index in [2.05, 4.69) is 15.4 Å². The Bertz CT molecular complexity index is 1140. The van der Waals surface area contributed by atoms with E-state index in [9.17, 15) is 9.90 Å². The van der Waals surface area contributed by atoms with Gasteiger partial charge in [-0.05, 0) is 40.6 Å². The van der Waals surface area contributed by atoms with Crippen molar-refractivity contribution >= 4 is 5.91 Å². The van der Waals surface area contributed by atoms with Gasteiger partial charge in [0.2, 0.25) is 11.7 Å². The number of primary amides is 1. The zero-order chi connectivity index (χ0) is 21.6. The van der Waals surface area contributed by atoms with Crippen LogP contribution in [0.2, 0.25) is 0 Å². The van der Waals surface area contributed by atoms with Gasteiger partial charge in [-0.3, -0.25) is 4.79 Å². The van der Waals surface area contributed by atoms with E-state index in [-0.39, 0.29) is 13.2 Å². The SMILES string of the molecule is NC(=O)c1ccc(-c2nnn(C[C@@H](O)COc3ccc(-c4ccccc4)cc3)n2)cc1. The average Bonchev–Trinajstić information content (AvgIpc) is 3.27. The van der Waals surface area contributed by atoms with Crippen LogP contribution in [-0.4, -0.2) is 43.9 Å². The van der Waals surface area contributed by atoms with Crippen LogP contribution in [0.4, 0.5) is 0 Å². The number of ether oxygens (including phenoxy) is 1. The Labute approximate surface area is 178 Å². The summed E-state index contributed by atoms with van der Waals surface area (Å²) in [4.78, 5) is 12.5. The third-order valence-electron chi connectivity index (χ3n) is 4.66. The number of aliphatic hydroxyl groups excluding tert-OH is 1. The predicted octanol–water partition coefficient (Wildman–Crippen LogP) is 2.55. The van der Waals surface area contributed by atoms with E-state index in [1.807, 2.05) is 54.6 Å². The van der Waals surface area contributed by atoms with Crippen molar-refractivity contribution in [3.63, 3.8) is 0 Å². The normalized spacial score (nSPS) is 11.8. The van der Waals surface area contributed by atoms with Crippen LogP contribution in [0.25, 0.3) is 22.5 Å². The van der Waals surface area contributed by atoms with E-state index < -0.39 is 12.0 Å². The van der Waals surface area contributed by atoms with Gasteiger partial charge in [-0.15, -0.1) is 10.2 Å². The largest absolute Gasteiger partial charge is 0.491 e. The summed E-state index contributed by atoms with van der Waals surface area (Å²) in [6, 6.07) is 24.4. The average molecular weight is 415 g/mol. The number of aromatic nitrogens is 4. The van der Waals surface area contributed by atoms with Crippen molar-refractivity contribution in [2.45, 2.75) is 12.6 Å². The van der Waals surface area contributed by atoms with Crippen LogP contribution in [0, 0.1) is 0 Å². The van der Waals surface area contributed by atoms with Crippen molar-refractivity contribution < 1.29 is 14.6 Å². The first-order valence-corrected chi connectivity index (χ1v) is 9.73. The molecule has 1 heterocycles. The number of carbonyl (C=O) groups excluding carboxylic acids is 1. The molecule has 0 unspecified atom stereocenters. The number of rotatable bonds is 8. The maximum Gasteiger partial charge on any atom is 0.248 e. The fourth-order valence-electron chi connectivity index (χ4n) is 3.03. The second-order valence-electron chi connectivity index (χ2n) is 6.96. The summed E-state index contributed by atoms with van der Waals surface area (Å²) in [5, 5.41) is 22.5. The first kappa shape index (κ1) is 20.2. The Kier molecular flexibility index (Phi) is 6.00. The topological polar surface area (TPSA) is 116 Å². The molecule has 4 rings (SSSR count). The Hall–Kier alpha value is -4.04. The van der Waals surface area contributed by atoms with E-state index >= 15 is 0 Å². The Morgan fingerprint density at radius 3 is 2.26 bits per heavy atom. The van der Waals surface area contributed by atoms with E-state index in [0.29, 0.717) is 22.7 Å². The molecular formula is C23H21N5O3. The van der Waals surface area contributed by atoms with E-state index in [1.54, 1.807) is 24.3 Å². The monoisotopic (exact) mass is 415 g/mol. The van der Waals surface area contributed by atoms with Crippen molar-refractivity contribution in [2.24, 2.45) is 5.73 Å². The molecule has 3 N–H and O–H groups in total. The number of nitrogens with zero attached hydrogens (tertiary/aromatic N) is 4. The third-order valence-corrected chi connectivity index (χ3v) is 4.66. The minimum atomic E-state index is -0.812. The molecule has 0 spiro atoms. The number of tetrazole rings is 1. The number of benzene rings is 3. The van der Waals surface area contributed by atoms with Gasteiger partial charge in [-0.2, -0.15) is 4.80 Å². The van der Waals surface area contributed by atoms with Crippen LogP contribution >= 0.6 is 0 Å². The summed E-state index contributed by atoms with van der Waals surface area (Å²) in [5.74, 6) is 0.558. The molecule has 0 saturated carbocycles. The van der Waals surface area contributed by atoms with Crippen LogP contribution in [0.5, 0.6) is 5.75 Å². The highest BCUT2D eigenvalue weighted by atomic mass is 16.5. The Morgan fingerprint density at radius 1 is 0.935 bits per heavy atom. The predicted molar refractivity (Wildman–Crippen MR) is 115 cm³/mol. The molecule has 8 heteroatoms. The van der Waals surface area contributed by atoms with Crippen molar-refractivity contribution in [1.29, 1.82) is 0 Å². The van der Waals surface area contributed by atoms with Gasteiger partial charge >= 0.3 is 0 Å². The summed E-state index contributed by atoms with van der Waals surface area (Å²) < 4.78 is 5.67. The molecule has 1 atom stereocenters. The highest BCUT2D eigenvalue weighted by Gasteiger charge is 2.12. The molecule has 156 valence electrons. The van der Waals surface area contributed by atoms with Gasteiger partial charge in [0.15, 0.2) is 0 Å². The smallest absolute Gasteiger partial charge is 0.248 e. The lowest BCUT2D eigenvalue weighted by atomic mass is 10.1. The van der Waals surface area contributed by atoms with Crippen molar-refractivity contribution in [3.8, 4) is 28.3 Å². The van der Waals surface area contributed by atoms with Crippen LogP contribution in [0.1, 0.15) is 10.4 Å². The second-order valence-corrected chi connectivity index (χ2v) is 6.96. The highest BCUT2D eigenvalue weighted by Crippen LogP contribution is 2.22. The first-order valence-electron chi connectivity index (χ1n) is 9.73. The van der Waals surface area contributed by atoms with Crippen LogP contribution in [-0.2, 0) is 6.54 Å². The molecule has 0 aliphatic rings. The zero-order valence-electron chi connectivity index (χ0n) is 16.6.